The summed E-state index contributed by atoms with van der Waals surface area (Å²) in [5.41, 5.74) is 2.88. The highest BCUT2D eigenvalue weighted by atomic mass is 79.9. The smallest absolute Gasteiger partial charge is 0.282 e. The summed E-state index contributed by atoms with van der Waals surface area (Å²) in [7, 11) is 0. The minimum Gasteiger partial charge on any atom is -0.449 e. The first-order chi connectivity index (χ1) is 12.6. The Morgan fingerprint density at radius 3 is 1.85 bits per heavy atom. The quantitative estimate of drug-likeness (QED) is 0.399. The van der Waals surface area contributed by atoms with E-state index in [2.05, 4.69) is 20.9 Å². The summed E-state index contributed by atoms with van der Waals surface area (Å²) in [6.07, 6.45) is 3.06. The molecule has 0 atom stereocenters. The number of halogens is 1. The van der Waals surface area contributed by atoms with Crippen LogP contribution in [0.2, 0.25) is 0 Å². The second-order valence-corrected chi connectivity index (χ2v) is 6.37. The van der Waals surface area contributed by atoms with Crippen molar-refractivity contribution in [1.82, 2.24) is 4.98 Å². The number of nitrogens with zero attached hydrogens (tertiary/aromatic N) is 3. The minimum absolute atomic E-state index is 0.515. The maximum atomic E-state index is 10.1. The summed E-state index contributed by atoms with van der Waals surface area (Å²) in [6.45, 7) is 0. The number of furan rings is 1. The lowest BCUT2D eigenvalue weighted by atomic mass is 10.1. The largest absolute Gasteiger partial charge is 0.449 e. The molecule has 0 aliphatic carbocycles. The Labute approximate surface area is 157 Å². The molecule has 0 saturated carbocycles. The van der Waals surface area contributed by atoms with Crippen molar-refractivity contribution in [2.45, 2.75) is 0 Å². The van der Waals surface area contributed by atoms with Crippen LogP contribution >= 0.6 is 15.9 Å². The Morgan fingerprint density at radius 2 is 1.38 bits per heavy atom. The molecule has 0 spiro atoms. The van der Waals surface area contributed by atoms with Gasteiger partial charge in [0.25, 0.3) is 11.4 Å². The monoisotopic (exact) mass is 411 g/mol. The third-order valence-corrected chi connectivity index (χ3v) is 4.31. The van der Waals surface area contributed by atoms with Crippen molar-refractivity contribution in [3.8, 4) is 34.1 Å². The second kappa shape index (κ2) is 6.61. The van der Waals surface area contributed by atoms with Crippen LogP contribution in [0.5, 0.6) is 0 Å². The van der Waals surface area contributed by atoms with Gasteiger partial charge in [-0.2, -0.15) is 0 Å². The van der Waals surface area contributed by atoms with Crippen LogP contribution in [0.4, 0.5) is 0 Å². The van der Waals surface area contributed by atoms with Crippen LogP contribution in [0.15, 0.2) is 82.1 Å². The fourth-order valence-corrected chi connectivity index (χ4v) is 2.99. The maximum absolute atomic E-state index is 10.1. The number of rotatable bonds is 3. The van der Waals surface area contributed by atoms with Crippen LogP contribution < -0.4 is 9.46 Å². The van der Waals surface area contributed by atoms with E-state index in [0.29, 0.717) is 33.2 Å². The molecule has 0 fully saturated rings. The molecule has 0 aromatic carbocycles. The van der Waals surface area contributed by atoms with Gasteiger partial charge in [0.15, 0.2) is 4.67 Å². The lowest BCUT2D eigenvalue weighted by molar-refractivity contribution is -0.896. The molecule has 128 valence electrons. The number of aromatic nitrogens is 3. The molecule has 0 aliphatic heterocycles. The average molecular weight is 412 g/mol. The molecule has 4 aromatic rings. The third kappa shape index (κ3) is 3.04. The zero-order valence-corrected chi connectivity index (χ0v) is 15.0. The van der Waals surface area contributed by atoms with Gasteiger partial charge in [0.05, 0.1) is 0 Å². The van der Waals surface area contributed by atoms with Gasteiger partial charge in [-0.05, 0) is 52.3 Å². The van der Waals surface area contributed by atoms with Gasteiger partial charge in [-0.1, -0.05) is 0 Å². The van der Waals surface area contributed by atoms with Crippen molar-refractivity contribution in [2.75, 3.05) is 0 Å². The van der Waals surface area contributed by atoms with Crippen molar-refractivity contribution >= 4 is 15.9 Å². The van der Waals surface area contributed by atoms with E-state index in [0.717, 1.165) is 15.0 Å². The standard InChI is InChI=1S/C19H14BrN3O3/c20-19-8-7-18(26-19)13-11-14(16-5-1-3-9-22(16)24)21-15(12-13)17-6-2-4-10-23(17)25/h1-12,24-25H/q+2. The molecule has 0 aliphatic rings. The van der Waals surface area contributed by atoms with E-state index in [1.807, 2.05) is 30.3 Å². The summed E-state index contributed by atoms with van der Waals surface area (Å²) in [4.78, 5) is 4.61. The predicted octanol–water partition coefficient (Wildman–Crippen LogP) is 3.49. The minimum atomic E-state index is 0.515. The molecule has 26 heavy (non-hydrogen) atoms. The Hall–Kier alpha value is -3.19. The summed E-state index contributed by atoms with van der Waals surface area (Å²) < 4.78 is 8.29. The van der Waals surface area contributed by atoms with Crippen molar-refractivity contribution in [2.24, 2.45) is 0 Å². The highest BCUT2D eigenvalue weighted by Crippen LogP contribution is 2.30. The van der Waals surface area contributed by atoms with E-state index < -0.39 is 0 Å². The molecule has 4 rings (SSSR count). The molecule has 7 heteroatoms. The first-order valence-corrected chi connectivity index (χ1v) is 8.59. The fourth-order valence-electron chi connectivity index (χ4n) is 2.68. The molecular weight excluding hydrogens is 398 g/mol. The van der Waals surface area contributed by atoms with E-state index in [1.54, 1.807) is 30.3 Å². The van der Waals surface area contributed by atoms with Gasteiger partial charge < -0.3 is 4.42 Å². The van der Waals surface area contributed by atoms with Crippen LogP contribution in [0, 0.1) is 0 Å². The van der Waals surface area contributed by atoms with E-state index in [4.69, 9.17) is 4.42 Å². The van der Waals surface area contributed by atoms with Crippen molar-refractivity contribution in [3.63, 3.8) is 0 Å². The molecule has 0 unspecified atom stereocenters. The average Bonchev–Trinajstić information content (AvgIpc) is 3.09. The number of hydrogen-bond acceptors (Lipinski definition) is 4. The van der Waals surface area contributed by atoms with E-state index in [1.165, 1.54) is 12.4 Å². The normalized spacial score (nSPS) is 10.8. The summed E-state index contributed by atoms with van der Waals surface area (Å²) in [5.74, 6) is 0.641. The number of pyridine rings is 3. The first-order valence-electron chi connectivity index (χ1n) is 7.80. The number of hydrogen-bond donors (Lipinski definition) is 2. The highest BCUT2D eigenvalue weighted by Gasteiger charge is 2.21. The maximum Gasteiger partial charge on any atom is 0.282 e. The van der Waals surface area contributed by atoms with E-state index >= 15 is 0 Å². The molecule has 2 N–H and O–H groups in total. The lowest BCUT2D eigenvalue weighted by Gasteiger charge is -2.04. The van der Waals surface area contributed by atoms with Crippen molar-refractivity contribution in [3.05, 3.63) is 77.7 Å². The molecule has 0 saturated heterocycles. The van der Waals surface area contributed by atoms with Crippen LogP contribution in [-0.4, -0.2) is 15.4 Å². The van der Waals surface area contributed by atoms with E-state index in [9.17, 15) is 10.4 Å². The SMILES string of the molecule is O[n+]1ccccc1-c1cc(-c2ccc(Br)o2)cc(-c2cccc[n+]2O)n1. The third-order valence-electron chi connectivity index (χ3n) is 3.89. The van der Waals surface area contributed by atoms with Gasteiger partial charge >= 0.3 is 0 Å². The Morgan fingerprint density at radius 1 is 0.808 bits per heavy atom. The molecular formula is C19H14BrN3O3+2. The summed E-state index contributed by atoms with van der Waals surface area (Å²) >= 11 is 3.31. The van der Waals surface area contributed by atoms with E-state index in [-0.39, 0.29) is 0 Å². The Kier molecular flexibility index (Phi) is 4.14. The molecule has 0 bridgehead atoms. The van der Waals surface area contributed by atoms with Gasteiger partial charge in [-0.25, -0.2) is 4.98 Å². The molecule has 4 heterocycles. The molecule has 0 amide bonds. The highest BCUT2D eigenvalue weighted by molar-refractivity contribution is 9.10. The summed E-state index contributed by atoms with van der Waals surface area (Å²) in [6, 6.07) is 17.9. The Bertz CT molecular complexity index is 1030. The predicted molar refractivity (Wildman–Crippen MR) is 95.3 cm³/mol. The zero-order chi connectivity index (χ0) is 18.1. The lowest BCUT2D eigenvalue weighted by Crippen LogP contribution is -2.33. The second-order valence-electron chi connectivity index (χ2n) is 5.59. The summed E-state index contributed by atoms with van der Waals surface area (Å²) in [5, 5.41) is 20.3. The molecule has 0 radical (unpaired) electrons. The molecule has 6 nitrogen and oxygen atoms in total. The van der Waals surface area contributed by atoms with Gasteiger partial charge in [-0.15, -0.1) is 0 Å². The van der Waals surface area contributed by atoms with Gasteiger partial charge in [0.1, 0.15) is 17.1 Å². The van der Waals surface area contributed by atoms with Gasteiger partial charge in [0, 0.05) is 39.3 Å². The van der Waals surface area contributed by atoms with Crippen LogP contribution in [0.1, 0.15) is 0 Å². The fraction of sp³-hybridized carbons (Fsp3) is 0. The molecule has 4 aromatic heterocycles. The topological polar surface area (TPSA) is 74.2 Å². The van der Waals surface area contributed by atoms with Gasteiger partial charge in [-0.3, -0.25) is 10.4 Å². The zero-order valence-electron chi connectivity index (χ0n) is 13.5. The van der Waals surface area contributed by atoms with Gasteiger partial charge in [0.2, 0.25) is 12.4 Å². The van der Waals surface area contributed by atoms with Crippen LogP contribution in [0.25, 0.3) is 34.1 Å². The van der Waals surface area contributed by atoms with Crippen molar-refractivity contribution in [1.29, 1.82) is 0 Å². The van der Waals surface area contributed by atoms with Crippen LogP contribution in [-0.2, 0) is 0 Å². The first kappa shape index (κ1) is 16.3. The van der Waals surface area contributed by atoms with Crippen molar-refractivity contribution < 1.29 is 24.3 Å². The van der Waals surface area contributed by atoms with Crippen LogP contribution in [0.3, 0.4) is 0 Å². The Balaban J connectivity index is 1.96.